The molecule has 3 fully saturated rings. The molecule has 2 aliphatic carbocycles. The summed E-state index contributed by atoms with van der Waals surface area (Å²) in [4.78, 5) is 60.2. The summed E-state index contributed by atoms with van der Waals surface area (Å²) in [5.74, 6) is -2.80. The van der Waals surface area contributed by atoms with Gasteiger partial charge >= 0.3 is 6.09 Å². The molecule has 0 radical (unpaired) electrons. The van der Waals surface area contributed by atoms with Crippen LogP contribution in [0.2, 0.25) is 0 Å². The zero-order valence-electron chi connectivity index (χ0n) is 28.5. The van der Waals surface area contributed by atoms with Gasteiger partial charge in [-0.15, -0.1) is 6.58 Å². The second-order valence-electron chi connectivity index (χ2n) is 15.1. The molecule has 3 N–H and O–H groups in total. The SMILES string of the molecule is C=C[C@@H]1C[C@@]1(NC(=O)[C@H]1C[C@@H](Oc2ccnc3cc(F)ccc23)CN1C(=O)[C@@H](NC(=O)OC(C)(C)C)C(C)(C)C)C(=O)NS(=O)(=O)C1CC1. The van der Waals surface area contributed by atoms with E-state index in [-0.39, 0.29) is 19.4 Å². The largest absolute Gasteiger partial charge is 0.488 e. The molecule has 13 nitrogen and oxygen atoms in total. The predicted molar refractivity (Wildman–Crippen MR) is 178 cm³/mol. The van der Waals surface area contributed by atoms with Crippen LogP contribution in [-0.4, -0.2) is 83.2 Å². The van der Waals surface area contributed by atoms with Crippen molar-refractivity contribution in [2.45, 2.75) is 102 Å². The Morgan fingerprint density at radius 3 is 2.41 bits per heavy atom. The van der Waals surface area contributed by atoms with E-state index in [0.717, 1.165) is 0 Å². The van der Waals surface area contributed by atoms with Crippen LogP contribution in [0.4, 0.5) is 9.18 Å². The third-order valence-electron chi connectivity index (χ3n) is 8.83. The number of ether oxygens (including phenoxy) is 2. The zero-order valence-corrected chi connectivity index (χ0v) is 29.4. The lowest BCUT2D eigenvalue weighted by Crippen LogP contribution is -2.60. The molecule has 4 amide bonds. The molecule has 2 heterocycles. The maximum atomic E-state index is 14.4. The van der Waals surface area contributed by atoms with Gasteiger partial charge in [0.05, 0.1) is 17.3 Å². The number of halogens is 1. The number of hydrogen-bond donors (Lipinski definition) is 3. The first-order chi connectivity index (χ1) is 22.7. The van der Waals surface area contributed by atoms with Crippen molar-refractivity contribution in [2.75, 3.05) is 6.54 Å². The van der Waals surface area contributed by atoms with Crippen molar-refractivity contribution in [3.8, 4) is 5.75 Å². The molecule has 1 aromatic heterocycles. The molecule has 5 rings (SSSR count). The van der Waals surface area contributed by atoms with Crippen LogP contribution in [0, 0.1) is 17.2 Å². The van der Waals surface area contributed by atoms with E-state index in [2.05, 4.69) is 26.9 Å². The summed E-state index contributed by atoms with van der Waals surface area (Å²) >= 11 is 0. The molecule has 1 saturated heterocycles. The molecule has 2 aromatic rings. The molecule has 3 aliphatic rings. The summed E-state index contributed by atoms with van der Waals surface area (Å²) in [6.07, 6.45) is 2.38. The fourth-order valence-corrected chi connectivity index (χ4v) is 7.38. The highest BCUT2D eigenvalue weighted by Crippen LogP contribution is 2.45. The van der Waals surface area contributed by atoms with Crippen molar-refractivity contribution in [2.24, 2.45) is 11.3 Å². The van der Waals surface area contributed by atoms with Crippen LogP contribution in [0.3, 0.4) is 0 Å². The van der Waals surface area contributed by atoms with Gasteiger partial charge in [0.15, 0.2) is 0 Å². The number of nitrogens with one attached hydrogen (secondary N) is 3. The van der Waals surface area contributed by atoms with E-state index in [1.165, 1.54) is 35.4 Å². The van der Waals surface area contributed by atoms with Crippen molar-refractivity contribution in [3.63, 3.8) is 0 Å². The van der Waals surface area contributed by atoms with E-state index < -0.39 is 85.6 Å². The number of likely N-dealkylation sites (tertiary alicyclic amines) is 1. The average molecular weight is 702 g/mol. The van der Waals surface area contributed by atoms with Crippen molar-refractivity contribution in [1.82, 2.24) is 25.2 Å². The number of alkyl carbamates (subject to hydrolysis) is 1. The minimum absolute atomic E-state index is 0.0112. The van der Waals surface area contributed by atoms with Crippen LogP contribution in [0.5, 0.6) is 5.75 Å². The summed E-state index contributed by atoms with van der Waals surface area (Å²) in [6.45, 7) is 14.0. The number of benzene rings is 1. The first-order valence-corrected chi connectivity index (χ1v) is 17.8. The van der Waals surface area contributed by atoms with Crippen LogP contribution in [-0.2, 0) is 29.1 Å². The normalized spacial score (nSPS) is 24.5. The van der Waals surface area contributed by atoms with E-state index in [4.69, 9.17) is 9.47 Å². The van der Waals surface area contributed by atoms with Gasteiger partial charge < -0.3 is 25.0 Å². The molecule has 266 valence electrons. The molecule has 5 atom stereocenters. The molecule has 2 saturated carbocycles. The summed E-state index contributed by atoms with van der Waals surface area (Å²) in [5.41, 5.74) is -2.89. The molecule has 0 spiro atoms. The van der Waals surface area contributed by atoms with Crippen LogP contribution < -0.4 is 20.1 Å². The second kappa shape index (κ2) is 12.9. The van der Waals surface area contributed by atoms with E-state index in [1.807, 2.05) is 0 Å². The molecule has 15 heteroatoms. The zero-order chi connectivity index (χ0) is 36.1. The Labute approximate surface area is 285 Å². The van der Waals surface area contributed by atoms with Gasteiger partial charge in [0.25, 0.3) is 5.91 Å². The minimum atomic E-state index is -3.91. The Bertz CT molecular complexity index is 1780. The van der Waals surface area contributed by atoms with E-state index in [0.29, 0.717) is 29.5 Å². The van der Waals surface area contributed by atoms with E-state index in [1.54, 1.807) is 47.6 Å². The van der Waals surface area contributed by atoms with Crippen LogP contribution >= 0.6 is 0 Å². The lowest BCUT2D eigenvalue weighted by molar-refractivity contribution is -0.143. The monoisotopic (exact) mass is 701 g/mol. The Morgan fingerprint density at radius 2 is 1.82 bits per heavy atom. The molecular formula is C34H44FN5O8S. The van der Waals surface area contributed by atoms with Crippen molar-refractivity contribution in [1.29, 1.82) is 0 Å². The van der Waals surface area contributed by atoms with Gasteiger partial charge in [-0.25, -0.2) is 17.6 Å². The molecule has 1 aliphatic heterocycles. The Hall–Kier alpha value is -4.27. The molecule has 1 aromatic carbocycles. The number of pyridine rings is 1. The topological polar surface area (TPSA) is 173 Å². The number of amides is 4. The Morgan fingerprint density at radius 1 is 1.12 bits per heavy atom. The highest BCUT2D eigenvalue weighted by Gasteiger charge is 2.62. The summed E-state index contributed by atoms with van der Waals surface area (Å²) in [6, 6.07) is 3.34. The molecule has 0 bridgehead atoms. The van der Waals surface area contributed by atoms with Gasteiger partial charge in [0, 0.05) is 30.0 Å². The lowest BCUT2D eigenvalue weighted by atomic mass is 9.85. The van der Waals surface area contributed by atoms with Gasteiger partial charge in [0.1, 0.15) is 40.9 Å². The second-order valence-corrected chi connectivity index (χ2v) is 17.0. The number of sulfonamides is 1. The van der Waals surface area contributed by atoms with Gasteiger partial charge in [-0.3, -0.25) is 24.1 Å². The molecular weight excluding hydrogens is 657 g/mol. The van der Waals surface area contributed by atoms with Gasteiger partial charge in [-0.05, 0) is 63.6 Å². The van der Waals surface area contributed by atoms with Crippen LogP contribution in [0.25, 0.3) is 10.9 Å². The van der Waals surface area contributed by atoms with Gasteiger partial charge in [-0.2, -0.15) is 0 Å². The first kappa shape index (κ1) is 36.0. The van der Waals surface area contributed by atoms with Gasteiger partial charge in [0.2, 0.25) is 21.8 Å². The minimum Gasteiger partial charge on any atom is -0.488 e. The maximum absolute atomic E-state index is 14.4. The first-order valence-electron chi connectivity index (χ1n) is 16.3. The van der Waals surface area contributed by atoms with Crippen molar-refractivity contribution >= 4 is 44.7 Å². The Balaban J connectivity index is 1.44. The highest BCUT2D eigenvalue weighted by atomic mass is 32.2. The molecule has 0 unspecified atom stereocenters. The summed E-state index contributed by atoms with van der Waals surface area (Å²) in [5, 5.41) is 5.28. The number of carbonyl (C=O) groups is 4. The van der Waals surface area contributed by atoms with Crippen molar-refractivity contribution < 1.29 is 41.5 Å². The summed E-state index contributed by atoms with van der Waals surface area (Å²) < 4.78 is 53.0. The van der Waals surface area contributed by atoms with E-state index >= 15 is 0 Å². The smallest absolute Gasteiger partial charge is 0.408 e. The molecule has 49 heavy (non-hydrogen) atoms. The fourth-order valence-electron chi connectivity index (χ4n) is 6.01. The number of carbonyl (C=O) groups excluding carboxylic acids is 4. The highest BCUT2D eigenvalue weighted by molar-refractivity contribution is 7.91. The fraction of sp³-hybridized carbons (Fsp3) is 0.559. The number of aromatic nitrogens is 1. The lowest BCUT2D eigenvalue weighted by Gasteiger charge is -2.36. The van der Waals surface area contributed by atoms with Crippen LogP contribution in [0.15, 0.2) is 43.1 Å². The third kappa shape index (κ3) is 7.97. The standard InChI is InChI=1S/C34H44FN5O8S/c1-8-19-17-34(19,30(43)39-49(45,46)22-10-11-22)38-28(41)25-16-21(47-26-13-14-36-24-15-20(35)9-12-23(24)26)18-40(25)29(42)27(32(2,3)4)37-31(44)48-33(5,6)7/h8-9,12-15,19,21-22,25,27H,1,10-11,16-18H2,2-7H3,(H,37,44)(H,38,41)(H,39,43)/t19-,21-,25-,27-,34+/m1/s1. The average Bonchev–Trinajstić information content (AvgIpc) is 3.91. The summed E-state index contributed by atoms with van der Waals surface area (Å²) in [7, 11) is -3.91. The maximum Gasteiger partial charge on any atom is 0.408 e. The number of fused-ring (bicyclic) bond motifs is 1. The quantitative estimate of drug-likeness (QED) is 0.314. The van der Waals surface area contributed by atoms with Gasteiger partial charge in [-0.1, -0.05) is 26.8 Å². The van der Waals surface area contributed by atoms with Crippen molar-refractivity contribution in [3.05, 3.63) is 48.9 Å². The predicted octanol–water partition coefficient (Wildman–Crippen LogP) is 3.33. The Kier molecular flexibility index (Phi) is 9.47. The number of hydrogen-bond acceptors (Lipinski definition) is 9. The number of nitrogens with zero attached hydrogens (tertiary/aromatic N) is 2. The third-order valence-corrected chi connectivity index (χ3v) is 10.6. The van der Waals surface area contributed by atoms with Crippen LogP contribution in [0.1, 0.15) is 67.2 Å². The number of rotatable bonds is 10. The van der Waals surface area contributed by atoms with E-state index in [9.17, 15) is 32.0 Å².